The minimum absolute atomic E-state index is 0.423. The van der Waals surface area contributed by atoms with E-state index in [0.717, 1.165) is 25.2 Å². The molecule has 1 atom stereocenters. The molecule has 1 aromatic rings. The van der Waals surface area contributed by atoms with Gasteiger partial charge in [0, 0.05) is 0 Å². The van der Waals surface area contributed by atoms with E-state index in [1.54, 1.807) is 0 Å². The summed E-state index contributed by atoms with van der Waals surface area (Å²) in [6.07, 6.45) is 3.54. The van der Waals surface area contributed by atoms with Crippen LogP contribution in [0.3, 0.4) is 0 Å². The predicted octanol–water partition coefficient (Wildman–Crippen LogP) is 4.45. The summed E-state index contributed by atoms with van der Waals surface area (Å²) >= 11 is 0. The van der Waals surface area contributed by atoms with Crippen molar-refractivity contribution in [3.05, 3.63) is 29.8 Å². The molecule has 0 radical (unpaired) electrons. The van der Waals surface area contributed by atoms with E-state index in [4.69, 9.17) is 4.74 Å². The smallest absolute Gasteiger partial charge is 0.122 e. The summed E-state index contributed by atoms with van der Waals surface area (Å²) in [4.78, 5) is 0. The van der Waals surface area contributed by atoms with E-state index in [-0.39, 0.29) is 0 Å². The molecule has 1 aromatic carbocycles. The Balaban J connectivity index is 0.000000606. The third kappa shape index (κ3) is 3.01. The topological polar surface area (TPSA) is 9.23 Å². The Morgan fingerprint density at radius 2 is 1.94 bits per heavy atom. The number of fused-ring (bicyclic) bond motifs is 1. The summed E-state index contributed by atoms with van der Waals surface area (Å²) < 4.78 is 5.75. The number of para-hydroxylation sites is 1. The molecule has 0 aromatic heterocycles. The second-order valence-electron chi connectivity index (χ2n) is 4.55. The fourth-order valence-electron chi connectivity index (χ4n) is 2.05. The second-order valence-corrected chi connectivity index (χ2v) is 4.55. The molecule has 0 saturated heterocycles. The highest BCUT2D eigenvalue weighted by Gasteiger charge is 2.26. The van der Waals surface area contributed by atoms with Crippen molar-refractivity contribution in [3.8, 4) is 5.75 Å². The van der Waals surface area contributed by atoms with E-state index < -0.39 is 0 Å². The van der Waals surface area contributed by atoms with E-state index in [1.807, 2.05) is 19.9 Å². The van der Waals surface area contributed by atoms with Gasteiger partial charge in [-0.2, -0.15) is 0 Å². The van der Waals surface area contributed by atoms with Crippen molar-refractivity contribution in [2.75, 3.05) is 6.61 Å². The Morgan fingerprint density at radius 3 is 2.62 bits per heavy atom. The van der Waals surface area contributed by atoms with Crippen molar-refractivity contribution in [2.24, 2.45) is 5.41 Å². The van der Waals surface area contributed by atoms with Gasteiger partial charge in [-0.1, -0.05) is 52.3 Å². The minimum Gasteiger partial charge on any atom is -0.493 e. The molecule has 1 heterocycles. The van der Waals surface area contributed by atoms with Crippen LogP contribution < -0.4 is 4.74 Å². The van der Waals surface area contributed by atoms with Crippen LogP contribution >= 0.6 is 0 Å². The first kappa shape index (κ1) is 13.1. The van der Waals surface area contributed by atoms with Crippen LogP contribution in [0.5, 0.6) is 5.75 Å². The summed E-state index contributed by atoms with van der Waals surface area (Å²) in [5.74, 6) is 1.09. The summed E-state index contributed by atoms with van der Waals surface area (Å²) in [5.41, 5.74) is 1.79. The Hall–Kier alpha value is -0.980. The first-order chi connectivity index (χ1) is 7.73. The van der Waals surface area contributed by atoms with Gasteiger partial charge in [0.05, 0.1) is 6.61 Å². The summed E-state index contributed by atoms with van der Waals surface area (Å²) in [7, 11) is 0. The molecule has 0 amide bonds. The van der Waals surface area contributed by atoms with Crippen LogP contribution in [0.15, 0.2) is 24.3 Å². The zero-order valence-electron chi connectivity index (χ0n) is 11.0. The standard InChI is InChI=1S/C13H18O.C2H6/c1-3-13(2)8-9-14-12-7-5-4-6-11(12)10-13;1-2/h4-7H,3,8-10H2,1-2H3;1-2H3. The maximum atomic E-state index is 5.75. The number of ether oxygens (including phenoxy) is 1. The number of hydrogen-bond acceptors (Lipinski definition) is 1. The maximum absolute atomic E-state index is 5.75. The number of hydrogen-bond donors (Lipinski definition) is 0. The molecule has 90 valence electrons. The van der Waals surface area contributed by atoms with Crippen molar-refractivity contribution in [2.45, 2.75) is 47.0 Å². The van der Waals surface area contributed by atoms with Gasteiger partial charge in [0.15, 0.2) is 0 Å². The van der Waals surface area contributed by atoms with Crippen molar-refractivity contribution in [3.63, 3.8) is 0 Å². The van der Waals surface area contributed by atoms with Gasteiger partial charge in [0.2, 0.25) is 0 Å². The fourth-order valence-corrected chi connectivity index (χ4v) is 2.05. The second kappa shape index (κ2) is 5.93. The largest absolute Gasteiger partial charge is 0.493 e. The average molecular weight is 220 g/mol. The summed E-state index contributed by atoms with van der Waals surface area (Å²) in [6.45, 7) is 9.49. The zero-order valence-corrected chi connectivity index (χ0v) is 11.0. The fraction of sp³-hybridized carbons (Fsp3) is 0.600. The molecule has 0 bridgehead atoms. The van der Waals surface area contributed by atoms with Crippen molar-refractivity contribution in [1.82, 2.24) is 0 Å². The lowest BCUT2D eigenvalue weighted by molar-refractivity contribution is 0.226. The van der Waals surface area contributed by atoms with Gasteiger partial charge in [-0.3, -0.25) is 0 Å². The number of benzene rings is 1. The Kier molecular flexibility index (Phi) is 4.85. The van der Waals surface area contributed by atoms with Gasteiger partial charge >= 0.3 is 0 Å². The molecule has 0 spiro atoms. The van der Waals surface area contributed by atoms with Crippen LogP contribution in [0.4, 0.5) is 0 Å². The van der Waals surface area contributed by atoms with E-state index in [1.165, 1.54) is 12.0 Å². The lowest BCUT2D eigenvalue weighted by atomic mass is 9.79. The molecule has 0 saturated carbocycles. The number of rotatable bonds is 1. The van der Waals surface area contributed by atoms with E-state index >= 15 is 0 Å². The minimum atomic E-state index is 0.423. The molecule has 1 aliphatic heterocycles. The molecule has 0 fully saturated rings. The molecule has 0 aliphatic carbocycles. The summed E-state index contributed by atoms with van der Waals surface area (Å²) in [6, 6.07) is 8.42. The highest BCUT2D eigenvalue weighted by Crippen LogP contribution is 2.36. The molecule has 0 N–H and O–H groups in total. The molecular weight excluding hydrogens is 196 g/mol. The van der Waals surface area contributed by atoms with Gasteiger partial charge in [-0.25, -0.2) is 0 Å². The normalized spacial score (nSPS) is 23.2. The highest BCUT2D eigenvalue weighted by molar-refractivity contribution is 5.34. The van der Waals surface area contributed by atoms with Crippen molar-refractivity contribution < 1.29 is 4.74 Å². The van der Waals surface area contributed by atoms with Crippen LogP contribution in [0.2, 0.25) is 0 Å². The first-order valence-electron chi connectivity index (χ1n) is 6.44. The third-order valence-corrected chi connectivity index (χ3v) is 3.41. The van der Waals surface area contributed by atoms with E-state index in [9.17, 15) is 0 Å². The van der Waals surface area contributed by atoms with Crippen LogP contribution in [-0.2, 0) is 6.42 Å². The predicted molar refractivity (Wildman–Crippen MR) is 70.0 cm³/mol. The quantitative estimate of drug-likeness (QED) is 0.679. The summed E-state index contributed by atoms with van der Waals surface area (Å²) in [5, 5.41) is 0. The van der Waals surface area contributed by atoms with Crippen LogP contribution in [0, 0.1) is 5.41 Å². The van der Waals surface area contributed by atoms with Crippen LogP contribution in [-0.4, -0.2) is 6.61 Å². The lowest BCUT2D eigenvalue weighted by Gasteiger charge is -2.25. The lowest BCUT2D eigenvalue weighted by Crippen LogP contribution is -2.18. The molecule has 2 rings (SSSR count). The first-order valence-corrected chi connectivity index (χ1v) is 6.44. The molecular formula is C15H24O. The van der Waals surface area contributed by atoms with Gasteiger partial charge in [-0.15, -0.1) is 0 Å². The molecule has 1 aliphatic rings. The molecule has 1 heteroatoms. The highest BCUT2D eigenvalue weighted by atomic mass is 16.5. The zero-order chi connectivity index (χ0) is 12.0. The Morgan fingerprint density at radius 1 is 1.25 bits per heavy atom. The van der Waals surface area contributed by atoms with Crippen LogP contribution in [0.25, 0.3) is 0 Å². The van der Waals surface area contributed by atoms with E-state index in [2.05, 4.69) is 32.0 Å². The molecule has 1 nitrogen and oxygen atoms in total. The maximum Gasteiger partial charge on any atom is 0.122 e. The molecule has 16 heavy (non-hydrogen) atoms. The van der Waals surface area contributed by atoms with Gasteiger partial charge in [0.25, 0.3) is 0 Å². The van der Waals surface area contributed by atoms with Gasteiger partial charge in [0.1, 0.15) is 5.75 Å². The molecule has 1 unspecified atom stereocenters. The third-order valence-electron chi connectivity index (χ3n) is 3.41. The Bertz CT molecular complexity index is 319. The SMILES string of the molecule is CC.CCC1(C)CCOc2ccccc2C1. The van der Waals surface area contributed by atoms with Crippen LogP contribution in [0.1, 0.15) is 46.1 Å². The van der Waals surface area contributed by atoms with E-state index in [0.29, 0.717) is 5.41 Å². The van der Waals surface area contributed by atoms with Crippen molar-refractivity contribution in [1.29, 1.82) is 0 Å². The van der Waals surface area contributed by atoms with Crippen molar-refractivity contribution >= 4 is 0 Å². The Labute approximate surface area is 99.8 Å². The monoisotopic (exact) mass is 220 g/mol. The average Bonchev–Trinajstić information content (AvgIpc) is 2.50. The van der Waals surface area contributed by atoms with Gasteiger partial charge < -0.3 is 4.74 Å². The van der Waals surface area contributed by atoms with Gasteiger partial charge in [-0.05, 0) is 29.9 Å².